The van der Waals surface area contributed by atoms with Crippen LogP contribution in [0.15, 0.2) is 30.6 Å². The van der Waals surface area contributed by atoms with Crippen molar-refractivity contribution in [3.8, 4) is 5.75 Å². The lowest BCUT2D eigenvalue weighted by Crippen LogP contribution is -2.12. The van der Waals surface area contributed by atoms with E-state index in [4.69, 9.17) is 15.9 Å². The topological polar surface area (TPSA) is 130 Å². The van der Waals surface area contributed by atoms with Crippen molar-refractivity contribution >= 4 is 28.9 Å². The summed E-state index contributed by atoms with van der Waals surface area (Å²) in [6.07, 6.45) is 5.33. The number of carbonyl (C=O) groups is 1. The smallest absolute Gasteiger partial charge is 0.268 e. The van der Waals surface area contributed by atoms with E-state index in [0.717, 1.165) is 5.56 Å². The first-order valence-electron chi connectivity index (χ1n) is 9.69. The van der Waals surface area contributed by atoms with Gasteiger partial charge in [-0.05, 0) is 25.1 Å². The summed E-state index contributed by atoms with van der Waals surface area (Å²) in [6.45, 7) is 2.35. The normalized spacial score (nSPS) is 13.1. The van der Waals surface area contributed by atoms with Gasteiger partial charge in [-0.1, -0.05) is 0 Å². The summed E-state index contributed by atoms with van der Waals surface area (Å²) in [7, 11) is 1.72. The Hall–Kier alpha value is -3.95. The van der Waals surface area contributed by atoms with Crippen molar-refractivity contribution in [3.05, 3.63) is 58.8 Å². The molecule has 1 aliphatic rings. The second-order valence-electron chi connectivity index (χ2n) is 7.13. The van der Waals surface area contributed by atoms with Crippen molar-refractivity contribution in [1.82, 2.24) is 19.7 Å². The predicted octanol–water partition coefficient (Wildman–Crippen LogP) is 2.11. The largest absolute Gasteiger partial charge is 0.493 e. The zero-order chi connectivity index (χ0) is 22.1. The number of anilines is 1. The quantitative estimate of drug-likeness (QED) is 0.431. The number of fused-ring (bicyclic) bond motifs is 2. The van der Waals surface area contributed by atoms with Crippen molar-refractivity contribution < 1.29 is 13.9 Å². The van der Waals surface area contributed by atoms with E-state index in [0.29, 0.717) is 52.9 Å². The summed E-state index contributed by atoms with van der Waals surface area (Å²) in [5, 5.41) is 13.9. The maximum atomic E-state index is 14.5. The molecule has 4 rings (SSSR count). The summed E-state index contributed by atoms with van der Waals surface area (Å²) in [6, 6.07) is 3.03. The fourth-order valence-corrected chi connectivity index (χ4v) is 3.59. The lowest BCUT2D eigenvalue weighted by Gasteiger charge is -2.14. The fraction of sp³-hybridized carbons (Fsp3) is 0.238. The van der Waals surface area contributed by atoms with E-state index in [1.807, 2.05) is 0 Å². The number of ether oxygens (including phenoxy) is 1. The molecule has 1 aliphatic heterocycles. The number of aromatic nitrogens is 3. The second kappa shape index (κ2) is 8.05. The highest BCUT2D eigenvalue weighted by atomic mass is 19.1. The molecule has 0 bridgehead atoms. The van der Waals surface area contributed by atoms with Crippen LogP contribution in [-0.4, -0.2) is 39.6 Å². The van der Waals surface area contributed by atoms with Gasteiger partial charge < -0.3 is 26.5 Å². The number of benzene rings is 1. The van der Waals surface area contributed by atoms with Crippen molar-refractivity contribution in [2.45, 2.75) is 19.9 Å². The fourth-order valence-electron chi connectivity index (χ4n) is 3.59. The number of nitrogens with one attached hydrogen (secondary N) is 3. The highest BCUT2D eigenvalue weighted by molar-refractivity contribution is 5.98. The van der Waals surface area contributed by atoms with E-state index in [2.05, 4.69) is 20.6 Å². The summed E-state index contributed by atoms with van der Waals surface area (Å²) < 4.78 is 21.6. The zero-order valence-electron chi connectivity index (χ0n) is 17.1. The van der Waals surface area contributed by atoms with Crippen molar-refractivity contribution in [1.29, 1.82) is 5.41 Å². The minimum Gasteiger partial charge on any atom is -0.493 e. The molecule has 0 saturated carbocycles. The Balaban J connectivity index is 1.76. The van der Waals surface area contributed by atoms with Gasteiger partial charge in [0.15, 0.2) is 5.65 Å². The summed E-state index contributed by atoms with van der Waals surface area (Å²) in [5.41, 5.74) is 8.82. The van der Waals surface area contributed by atoms with Gasteiger partial charge in [-0.2, -0.15) is 0 Å². The number of primary amides is 1. The van der Waals surface area contributed by atoms with Gasteiger partial charge in [0.2, 0.25) is 5.95 Å². The first-order valence-corrected chi connectivity index (χ1v) is 9.69. The molecule has 31 heavy (non-hydrogen) atoms. The van der Waals surface area contributed by atoms with Gasteiger partial charge in [-0.3, -0.25) is 9.20 Å². The molecule has 9 nitrogen and oxygen atoms in total. The number of imidazole rings is 1. The van der Waals surface area contributed by atoms with Crippen LogP contribution in [0, 0.1) is 11.2 Å². The average Bonchev–Trinajstić information content (AvgIpc) is 3.38. The minimum atomic E-state index is -0.678. The number of allylic oxidation sites excluding steroid dienone is 1. The van der Waals surface area contributed by atoms with Crippen molar-refractivity contribution in [2.75, 3.05) is 19.0 Å². The molecular formula is C21H22FN7O2. The third-order valence-electron chi connectivity index (χ3n) is 5.03. The average molecular weight is 423 g/mol. The van der Waals surface area contributed by atoms with Gasteiger partial charge in [-0.25, -0.2) is 14.4 Å². The molecule has 0 saturated heterocycles. The van der Waals surface area contributed by atoms with Gasteiger partial charge in [0.25, 0.3) is 5.91 Å². The number of hydrogen-bond donors (Lipinski definition) is 4. The maximum Gasteiger partial charge on any atom is 0.268 e. The Kier molecular flexibility index (Phi) is 5.28. The standard InChI is InChI=1S/C21H22FN7O2/c1-11(23)7-16(25-2)14-9-27-21(29-10-17(19(24)30)28-20(14)29)26-8-13-12-5-6-31-18(12)4-3-15(13)22/h3-4,7,9-10,23,25H,5-6,8H2,1-2H3,(H2,24,30)(H,26,27)/b16-7-,23-11?. The molecule has 0 unspecified atom stereocenters. The first-order chi connectivity index (χ1) is 14.9. The molecule has 1 amide bonds. The first kappa shape index (κ1) is 20.3. The van der Waals surface area contributed by atoms with Gasteiger partial charge in [0, 0.05) is 54.9 Å². The predicted molar refractivity (Wildman–Crippen MR) is 115 cm³/mol. The molecule has 3 heterocycles. The van der Waals surface area contributed by atoms with Crippen LogP contribution in [0.2, 0.25) is 0 Å². The van der Waals surface area contributed by atoms with Crippen LogP contribution in [0.3, 0.4) is 0 Å². The van der Waals surface area contributed by atoms with Gasteiger partial charge in [0.1, 0.15) is 17.3 Å². The molecule has 0 spiro atoms. The summed E-state index contributed by atoms with van der Waals surface area (Å²) in [5.74, 6) is 0.0608. The van der Waals surface area contributed by atoms with E-state index in [9.17, 15) is 9.18 Å². The van der Waals surface area contributed by atoms with E-state index in [-0.39, 0.29) is 18.1 Å². The van der Waals surface area contributed by atoms with E-state index in [1.54, 1.807) is 36.7 Å². The number of halogens is 1. The third kappa shape index (κ3) is 3.79. The third-order valence-corrected chi connectivity index (χ3v) is 5.03. The van der Waals surface area contributed by atoms with Crippen LogP contribution in [0.4, 0.5) is 10.3 Å². The molecular weight excluding hydrogens is 401 g/mol. The number of nitrogens with two attached hydrogens (primary N) is 1. The van der Waals surface area contributed by atoms with Crippen LogP contribution in [0.5, 0.6) is 5.75 Å². The lowest BCUT2D eigenvalue weighted by atomic mass is 10.0. The van der Waals surface area contributed by atoms with Gasteiger partial charge >= 0.3 is 0 Å². The molecule has 3 aromatic rings. The summed E-state index contributed by atoms with van der Waals surface area (Å²) >= 11 is 0. The lowest BCUT2D eigenvalue weighted by molar-refractivity contribution is 0.0996. The van der Waals surface area contributed by atoms with Crippen LogP contribution in [-0.2, 0) is 13.0 Å². The van der Waals surface area contributed by atoms with E-state index >= 15 is 0 Å². The SMILES string of the molecule is CN/C(=C\C(C)=N)c1cnc(NCc2c(F)ccc3c2CCO3)n2cc(C(N)=O)nc12. The van der Waals surface area contributed by atoms with Crippen LogP contribution < -0.4 is 21.1 Å². The molecule has 0 fully saturated rings. The Morgan fingerprint density at radius 1 is 1.45 bits per heavy atom. The Morgan fingerprint density at radius 3 is 2.97 bits per heavy atom. The second-order valence-corrected chi connectivity index (χ2v) is 7.13. The highest BCUT2D eigenvalue weighted by Crippen LogP contribution is 2.31. The van der Waals surface area contributed by atoms with Gasteiger partial charge in [-0.15, -0.1) is 0 Å². The van der Waals surface area contributed by atoms with Crippen LogP contribution >= 0.6 is 0 Å². The Bertz CT molecular complexity index is 1230. The number of carbonyl (C=O) groups excluding carboxylic acids is 1. The Morgan fingerprint density at radius 2 is 2.26 bits per heavy atom. The molecule has 10 heteroatoms. The number of hydrogen-bond acceptors (Lipinski definition) is 7. The number of amides is 1. The van der Waals surface area contributed by atoms with E-state index < -0.39 is 5.91 Å². The molecule has 2 aromatic heterocycles. The zero-order valence-corrected chi connectivity index (χ0v) is 17.1. The van der Waals surface area contributed by atoms with Gasteiger partial charge in [0.05, 0.1) is 12.2 Å². The van der Waals surface area contributed by atoms with Crippen LogP contribution in [0.1, 0.15) is 34.1 Å². The molecule has 0 atom stereocenters. The minimum absolute atomic E-state index is 0.0690. The monoisotopic (exact) mass is 423 g/mol. The highest BCUT2D eigenvalue weighted by Gasteiger charge is 2.21. The molecule has 160 valence electrons. The van der Waals surface area contributed by atoms with Crippen molar-refractivity contribution in [2.24, 2.45) is 5.73 Å². The van der Waals surface area contributed by atoms with Crippen LogP contribution in [0.25, 0.3) is 11.3 Å². The maximum absolute atomic E-state index is 14.5. The molecule has 0 aliphatic carbocycles. The summed E-state index contributed by atoms with van der Waals surface area (Å²) in [4.78, 5) is 20.5. The molecule has 0 radical (unpaired) electrons. The number of rotatable bonds is 7. The molecule has 1 aromatic carbocycles. The Labute approximate surface area is 177 Å². The van der Waals surface area contributed by atoms with E-state index in [1.165, 1.54) is 12.3 Å². The molecule has 5 N–H and O–H groups in total. The number of nitrogens with zero attached hydrogens (tertiary/aromatic N) is 3. The van der Waals surface area contributed by atoms with Crippen molar-refractivity contribution in [3.63, 3.8) is 0 Å².